The molecule has 1 aliphatic heterocycles. The number of urea groups is 1. The van der Waals surface area contributed by atoms with E-state index in [0.717, 1.165) is 17.0 Å². The molecule has 6 nitrogen and oxygen atoms in total. The number of rotatable bonds is 2. The minimum absolute atomic E-state index is 0.0322. The summed E-state index contributed by atoms with van der Waals surface area (Å²) in [5, 5.41) is 15.3. The Balaban J connectivity index is 1.66. The van der Waals surface area contributed by atoms with Crippen molar-refractivity contribution in [2.24, 2.45) is 0 Å². The predicted molar refractivity (Wildman–Crippen MR) is 81.2 cm³/mol. The third-order valence-corrected chi connectivity index (χ3v) is 4.21. The van der Waals surface area contributed by atoms with Crippen LogP contribution >= 0.6 is 22.9 Å². The number of nitrogens with zero attached hydrogens (tertiary/aromatic N) is 1. The summed E-state index contributed by atoms with van der Waals surface area (Å²) in [6, 6.07) is 4.03. The van der Waals surface area contributed by atoms with Crippen molar-refractivity contribution < 1.29 is 14.6 Å². The van der Waals surface area contributed by atoms with Gasteiger partial charge in [0.2, 0.25) is 0 Å². The minimum Gasteiger partial charge on any atom is -0.506 e. The first-order valence-corrected chi connectivity index (χ1v) is 7.44. The fourth-order valence-electron chi connectivity index (χ4n) is 1.92. The number of aromatic nitrogens is 1. The van der Waals surface area contributed by atoms with Gasteiger partial charge in [-0.3, -0.25) is 5.32 Å². The molecule has 0 spiro atoms. The van der Waals surface area contributed by atoms with Crippen molar-refractivity contribution in [2.75, 3.05) is 17.2 Å². The molecule has 1 aromatic carbocycles. The smallest absolute Gasteiger partial charge is 0.325 e. The van der Waals surface area contributed by atoms with Gasteiger partial charge in [-0.2, -0.15) is 0 Å². The Morgan fingerprint density at radius 3 is 3.05 bits per heavy atom. The number of carbonyl (C=O) groups is 1. The summed E-state index contributed by atoms with van der Waals surface area (Å²) in [6.07, 6.45) is 0.767. The molecular formula is C13H12ClN3O3S. The first kappa shape index (κ1) is 14.1. The topological polar surface area (TPSA) is 83.5 Å². The largest absolute Gasteiger partial charge is 0.506 e. The highest BCUT2D eigenvalue weighted by molar-refractivity contribution is 7.15. The lowest BCUT2D eigenvalue weighted by Gasteiger charge is -2.08. The Morgan fingerprint density at radius 1 is 1.43 bits per heavy atom. The average molecular weight is 326 g/mol. The van der Waals surface area contributed by atoms with Gasteiger partial charge >= 0.3 is 6.03 Å². The van der Waals surface area contributed by atoms with Crippen LogP contribution in [0.5, 0.6) is 5.75 Å². The summed E-state index contributed by atoms with van der Waals surface area (Å²) < 4.78 is 5.34. The van der Waals surface area contributed by atoms with E-state index in [1.54, 1.807) is 6.07 Å². The van der Waals surface area contributed by atoms with E-state index in [0.29, 0.717) is 24.0 Å². The first-order chi connectivity index (χ1) is 10.1. The molecule has 2 heterocycles. The van der Waals surface area contributed by atoms with Crippen LogP contribution in [0.4, 0.5) is 15.6 Å². The molecule has 0 atom stereocenters. The summed E-state index contributed by atoms with van der Waals surface area (Å²) in [5.41, 5.74) is 1.47. The maximum atomic E-state index is 11.9. The normalized spacial score (nSPS) is 13.6. The summed E-state index contributed by atoms with van der Waals surface area (Å²) in [6.45, 7) is 1.21. The standard InChI is InChI=1S/C13H12ClN3O3S/c14-8-5-7(1-2-10(8)18)15-12(19)17-13-16-9-3-4-20-6-11(9)21-13/h1-2,5,18H,3-4,6H2,(H2,15,16,17,19). The van der Waals surface area contributed by atoms with Crippen LogP contribution in [0.3, 0.4) is 0 Å². The Hall–Kier alpha value is -1.83. The van der Waals surface area contributed by atoms with Gasteiger partial charge in [0, 0.05) is 12.1 Å². The molecule has 1 aromatic heterocycles. The van der Waals surface area contributed by atoms with E-state index in [4.69, 9.17) is 16.3 Å². The van der Waals surface area contributed by atoms with Crippen molar-refractivity contribution in [3.8, 4) is 5.75 Å². The molecule has 2 amide bonds. The van der Waals surface area contributed by atoms with Crippen LogP contribution in [0.2, 0.25) is 5.02 Å². The highest BCUT2D eigenvalue weighted by Crippen LogP contribution is 2.28. The van der Waals surface area contributed by atoms with Gasteiger partial charge in [0.15, 0.2) is 5.13 Å². The van der Waals surface area contributed by atoms with E-state index in [1.165, 1.54) is 23.5 Å². The van der Waals surface area contributed by atoms with Crippen LogP contribution in [0, 0.1) is 0 Å². The molecule has 110 valence electrons. The maximum Gasteiger partial charge on any atom is 0.325 e. The second kappa shape index (κ2) is 5.88. The van der Waals surface area contributed by atoms with E-state index in [-0.39, 0.29) is 10.8 Å². The number of thiazole rings is 1. The summed E-state index contributed by atoms with van der Waals surface area (Å²) in [5.74, 6) is -0.0322. The highest BCUT2D eigenvalue weighted by Gasteiger charge is 2.16. The fourth-order valence-corrected chi connectivity index (χ4v) is 3.04. The van der Waals surface area contributed by atoms with Crippen LogP contribution in [0.25, 0.3) is 0 Å². The number of benzene rings is 1. The van der Waals surface area contributed by atoms with E-state index in [1.807, 2.05) is 0 Å². The molecule has 21 heavy (non-hydrogen) atoms. The molecular weight excluding hydrogens is 314 g/mol. The van der Waals surface area contributed by atoms with Gasteiger partial charge in [-0.05, 0) is 18.2 Å². The van der Waals surface area contributed by atoms with Gasteiger partial charge in [-0.1, -0.05) is 22.9 Å². The highest BCUT2D eigenvalue weighted by atomic mass is 35.5. The van der Waals surface area contributed by atoms with Crippen molar-refractivity contribution in [3.05, 3.63) is 33.8 Å². The lowest BCUT2D eigenvalue weighted by molar-refractivity contribution is 0.112. The molecule has 1 aliphatic rings. The third kappa shape index (κ3) is 3.26. The quantitative estimate of drug-likeness (QED) is 0.740. The molecule has 3 rings (SSSR count). The second-order valence-electron chi connectivity index (χ2n) is 4.44. The van der Waals surface area contributed by atoms with Crippen molar-refractivity contribution in [3.63, 3.8) is 0 Å². The molecule has 0 aliphatic carbocycles. The number of carbonyl (C=O) groups excluding carboxylic acids is 1. The number of amides is 2. The van der Waals surface area contributed by atoms with Crippen molar-refractivity contribution in [1.82, 2.24) is 4.98 Å². The Morgan fingerprint density at radius 2 is 2.29 bits per heavy atom. The predicted octanol–water partition coefficient (Wildman–Crippen LogP) is 3.22. The number of phenolic OH excluding ortho intramolecular Hbond substituents is 1. The van der Waals surface area contributed by atoms with Crippen LogP contribution in [-0.2, 0) is 17.8 Å². The number of fused-ring (bicyclic) bond motifs is 1. The first-order valence-electron chi connectivity index (χ1n) is 6.24. The summed E-state index contributed by atoms with van der Waals surface area (Å²) in [7, 11) is 0. The van der Waals surface area contributed by atoms with Gasteiger partial charge in [-0.25, -0.2) is 9.78 Å². The molecule has 0 saturated heterocycles. The SMILES string of the molecule is O=C(Nc1ccc(O)c(Cl)c1)Nc1nc2c(s1)COCC2. The van der Waals surface area contributed by atoms with Gasteiger partial charge in [0.25, 0.3) is 0 Å². The Labute approximate surface area is 129 Å². The van der Waals surface area contributed by atoms with Crippen molar-refractivity contribution >= 4 is 39.8 Å². The van der Waals surface area contributed by atoms with Gasteiger partial charge < -0.3 is 15.2 Å². The van der Waals surface area contributed by atoms with Gasteiger partial charge in [0.05, 0.1) is 28.8 Å². The van der Waals surface area contributed by atoms with E-state index < -0.39 is 6.03 Å². The molecule has 0 fully saturated rings. The Bertz CT molecular complexity index is 666. The molecule has 8 heteroatoms. The third-order valence-electron chi connectivity index (χ3n) is 2.92. The molecule has 0 unspecified atom stereocenters. The van der Waals surface area contributed by atoms with Crippen LogP contribution in [-0.4, -0.2) is 22.7 Å². The summed E-state index contributed by atoms with van der Waals surface area (Å²) in [4.78, 5) is 17.3. The lowest BCUT2D eigenvalue weighted by Crippen LogP contribution is -2.19. The number of hydrogen-bond donors (Lipinski definition) is 3. The maximum absolute atomic E-state index is 11.9. The number of phenols is 1. The number of halogens is 1. The molecule has 0 saturated carbocycles. The van der Waals surface area contributed by atoms with Crippen LogP contribution in [0.1, 0.15) is 10.6 Å². The van der Waals surface area contributed by atoms with Crippen molar-refractivity contribution in [1.29, 1.82) is 0 Å². The zero-order valence-corrected chi connectivity index (χ0v) is 12.4. The summed E-state index contributed by atoms with van der Waals surface area (Å²) >= 11 is 7.19. The Kier molecular flexibility index (Phi) is 3.96. The monoisotopic (exact) mass is 325 g/mol. The molecule has 0 radical (unpaired) electrons. The van der Waals surface area contributed by atoms with Crippen LogP contribution < -0.4 is 10.6 Å². The fraction of sp³-hybridized carbons (Fsp3) is 0.231. The number of anilines is 2. The zero-order chi connectivity index (χ0) is 14.8. The van der Waals surface area contributed by atoms with E-state index in [2.05, 4.69) is 15.6 Å². The number of aromatic hydroxyl groups is 1. The molecule has 0 bridgehead atoms. The minimum atomic E-state index is -0.413. The second-order valence-corrected chi connectivity index (χ2v) is 5.93. The lowest BCUT2D eigenvalue weighted by atomic mass is 10.2. The average Bonchev–Trinajstić information content (AvgIpc) is 2.84. The molecule has 2 aromatic rings. The van der Waals surface area contributed by atoms with E-state index in [9.17, 15) is 9.90 Å². The van der Waals surface area contributed by atoms with E-state index >= 15 is 0 Å². The molecule has 3 N–H and O–H groups in total. The van der Waals surface area contributed by atoms with Crippen LogP contribution in [0.15, 0.2) is 18.2 Å². The number of hydrogen-bond acceptors (Lipinski definition) is 5. The number of ether oxygens (including phenoxy) is 1. The van der Waals surface area contributed by atoms with Gasteiger partial charge in [0.1, 0.15) is 5.75 Å². The van der Waals surface area contributed by atoms with Crippen molar-refractivity contribution in [2.45, 2.75) is 13.0 Å². The number of nitrogens with one attached hydrogen (secondary N) is 2. The zero-order valence-electron chi connectivity index (χ0n) is 10.9. The van der Waals surface area contributed by atoms with Gasteiger partial charge in [-0.15, -0.1) is 0 Å².